The van der Waals surface area contributed by atoms with Crippen molar-refractivity contribution in [3.05, 3.63) is 12.1 Å². The van der Waals surface area contributed by atoms with Crippen molar-refractivity contribution in [3.63, 3.8) is 0 Å². The highest BCUT2D eigenvalue weighted by molar-refractivity contribution is 5.75. The number of carbonyl (C=O) groups excluding carboxylic acids is 1. The number of piperazine rings is 1. The molecule has 1 N–H and O–H groups in total. The molecule has 134 valence electrons. The summed E-state index contributed by atoms with van der Waals surface area (Å²) in [6.07, 6.45) is 0. The molecule has 7 nitrogen and oxygen atoms in total. The molecule has 7 heteroatoms. The van der Waals surface area contributed by atoms with Crippen LogP contribution >= 0.6 is 0 Å². The van der Waals surface area contributed by atoms with E-state index >= 15 is 0 Å². The number of urea groups is 1. The van der Waals surface area contributed by atoms with Crippen molar-refractivity contribution in [1.82, 2.24) is 10.2 Å². The molecular formula is C17H27N3O4. The van der Waals surface area contributed by atoms with Gasteiger partial charge in [0.15, 0.2) is 11.5 Å². The van der Waals surface area contributed by atoms with E-state index in [-0.39, 0.29) is 12.1 Å². The largest absolute Gasteiger partial charge is 0.493 e. The number of benzene rings is 1. The van der Waals surface area contributed by atoms with E-state index in [1.165, 1.54) is 0 Å². The highest BCUT2D eigenvalue weighted by Crippen LogP contribution is 2.41. The summed E-state index contributed by atoms with van der Waals surface area (Å²) in [5, 5.41) is 2.93. The van der Waals surface area contributed by atoms with Gasteiger partial charge in [-0.1, -0.05) is 0 Å². The fourth-order valence-electron chi connectivity index (χ4n) is 2.76. The molecule has 1 fully saturated rings. The monoisotopic (exact) mass is 337 g/mol. The van der Waals surface area contributed by atoms with Crippen molar-refractivity contribution in [2.75, 3.05) is 52.4 Å². The van der Waals surface area contributed by atoms with Crippen LogP contribution in [0.5, 0.6) is 17.2 Å². The van der Waals surface area contributed by atoms with E-state index in [1.54, 1.807) is 21.3 Å². The lowest BCUT2D eigenvalue weighted by Gasteiger charge is -2.36. The summed E-state index contributed by atoms with van der Waals surface area (Å²) in [6, 6.07) is 4.01. The van der Waals surface area contributed by atoms with Gasteiger partial charge in [-0.2, -0.15) is 0 Å². The molecule has 0 radical (unpaired) electrons. The lowest BCUT2D eigenvalue weighted by atomic mass is 10.2. The van der Waals surface area contributed by atoms with Crippen LogP contribution in [0.25, 0.3) is 0 Å². The molecule has 1 aromatic carbocycles. The Balaban J connectivity index is 2.10. The van der Waals surface area contributed by atoms with Crippen molar-refractivity contribution in [2.24, 2.45) is 0 Å². The molecule has 1 aliphatic heterocycles. The van der Waals surface area contributed by atoms with E-state index in [0.29, 0.717) is 30.3 Å². The Labute approximate surface area is 143 Å². The van der Waals surface area contributed by atoms with E-state index in [4.69, 9.17) is 14.2 Å². The van der Waals surface area contributed by atoms with Gasteiger partial charge in [0.25, 0.3) is 0 Å². The molecule has 1 saturated heterocycles. The Morgan fingerprint density at radius 3 is 1.96 bits per heavy atom. The molecule has 0 aliphatic carbocycles. The SMILES string of the molecule is COc1cc(N2CCN(C(=O)NC(C)C)CC2)cc(OC)c1OC. The number of hydrogen-bond donors (Lipinski definition) is 1. The minimum atomic E-state index is -0.00505. The first-order valence-electron chi connectivity index (χ1n) is 8.10. The Bertz CT molecular complexity index is 544. The number of nitrogens with zero attached hydrogens (tertiary/aromatic N) is 2. The summed E-state index contributed by atoms with van der Waals surface area (Å²) in [4.78, 5) is 16.1. The summed E-state index contributed by atoms with van der Waals surface area (Å²) in [6.45, 7) is 6.78. The number of rotatable bonds is 5. The lowest BCUT2D eigenvalue weighted by Crippen LogP contribution is -2.52. The van der Waals surface area contributed by atoms with Crippen molar-refractivity contribution in [3.8, 4) is 17.2 Å². The Hall–Kier alpha value is -2.31. The topological polar surface area (TPSA) is 63.3 Å². The van der Waals surface area contributed by atoms with Crippen molar-refractivity contribution in [1.29, 1.82) is 0 Å². The third-order valence-electron chi connectivity index (χ3n) is 3.99. The molecular weight excluding hydrogens is 310 g/mol. The number of anilines is 1. The van der Waals surface area contributed by atoms with Crippen molar-refractivity contribution >= 4 is 11.7 Å². The van der Waals surface area contributed by atoms with Gasteiger partial charge in [-0.25, -0.2) is 4.79 Å². The lowest BCUT2D eigenvalue weighted by molar-refractivity contribution is 0.192. The average Bonchev–Trinajstić information content (AvgIpc) is 2.59. The van der Waals surface area contributed by atoms with E-state index in [9.17, 15) is 4.79 Å². The van der Waals surface area contributed by atoms with Gasteiger partial charge in [-0.15, -0.1) is 0 Å². The Morgan fingerprint density at radius 1 is 1.00 bits per heavy atom. The summed E-state index contributed by atoms with van der Waals surface area (Å²) in [5.74, 6) is 1.84. The first kappa shape index (κ1) is 18.0. The maximum Gasteiger partial charge on any atom is 0.317 e. The molecule has 1 heterocycles. The van der Waals surface area contributed by atoms with E-state index in [0.717, 1.165) is 18.8 Å². The zero-order valence-corrected chi connectivity index (χ0v) is 15.1. The van der Waals surface area contributed by atoms with Crippen LogP contribution in [0.15, 0.2) is 12.1 Å². The standard InChI is InChI=1S/C17H27N3O4/c1-12(2)18-17(21)20-8-6-19(7-9-20)13-10-14(22-3)16(24-5)15(11-13)23-4/h10-12H,6-9H2,1-5H3,(H,18,21). The third kappa shape index (κ3) is 3.96. The van der Waals surface area contributed by atoms with Crippen LogP contribution in [0.4, 0.5) is 10.5 Å². The van der Waals surface area contributed by atoms with E-state index in [2.05, 4.69) is 10.2 Å². The predicted octanol–water partition coefficient (Wildman–Crippen LogP) is 1.95. The minimum Gasteiger partial charge on any atom is -0.493 e. The summed E-state index contributed by atoms with van der Waals surface area (Å²) >= 11 is 0. The van der Waals surface area contributed by atoms with Gasteiger partial charge in [0.05, 0.1) is 21.3 Å². The molecule has 0 atom stereocenters. The van der Waals surface area contributed by atoms with E-state index in [1.807, 2.05) is 30.9 Å². The second-order valence-corrected chi connectivity index (χ2v) is 5.96. The molecule has 0 unspecified atom stereocenters. The molecule has 1 aromatic rings. The van der Waals surface area contributed by atoms with Gasteiger partial charge >= 0.3 is 6.03 Å². The fraction of sp³-hybridized carbons (Fsp3) is 0.588. The number of nitrogens with one attached hydrogen (secondary N) is 1. The van der Waals surface area contributed by atoms with Crippen LogP contribution in [0.1, 0.15) is 13.8 Å². The highest BCUT2D eigenvalue weighted by Gasteiger charge is 2.23. The van der Waals surface area contributed by atoms with Crippen molar-refractivity contribution < 1.29 is 19.0 Å². The number of carbonyl (C=O) groups is 1. The molecule has 0 spiro atoms. The smallest absolute Gasteiger partial charge is 0.317 e. The van der Waals surface area contributed by atoms with Crippen LogP contribution in [0, 0.1) is 0 Å². The Kier molecular flexibility index (Phi) is 6.00. The zero-order valence-electron chi connectivity index (χ0n) is 15.1. The molecule has 2 rings (SSSR count). The molecule has 0 bridgehead atoms. The van der Waals surface area contributed by atoms with Gasteiger partial charge in [0.2, 0.25) is 5.75 Å². The normalized spacial score (nSPS) is 14.6. The summed E-state index contributed by atoms with van der Waals surface area (Å²) < 4.78 is 16.2. The Morgan fingerprint density at radius 2 is 1.54 bits per heavy atom. The van der Waals surface area contributed by atoms with Crippen LogP contribution in [-0.2, 0) is 0 Å². The van der Waals surface area contributed by atoms with Crippen LogP contribution in [0.2, 0.25) is 0 Å². The van der Waals surface area contributed by atoms with Crippen LogP contribution in [-0.4, -0.2) is 64.5 Å². The molecule has 0 saturated carbocycles. The number of methoxy groups -OCH3 is 3. The number of ether oxygens (including phenoxy) is 3. The van der Waals surface area contributed by atoms with Gasteiger partial charge in [-0.05, 0) is 13.8 Å². The van der Waals surface area contributed by atoms with Gasteiger partial charge < -0.3 is 29.3 Å². The molecule has 24 heavy (non-hydrogen) atoms. The third-order valence-corrected chi connectivity index (χ3v) is 3.99. The quantitative estimate of drug-likeness (QED) is 0.890. The minimum absolute atomic E-state index is 0.00505. The molecule has 2 amide bonds. The molecule has 0 aromatic heterocycles. The second-order valence-electron chi connectivity index (χ2n) is 5.96. The number of hydrogen-bond acceptors (Lipinski definition) is 5. The van der Waals surface area contributed by atoms with Crippen molar-refractivity contribution in [2.45, 2.75) is 19.9 Å². The van der Waals surface area contributed by atoms with Crippen LogP contribution in [0.3, 0.4) is 0 Å². The average molecular weight is 337 g/mol. The summed E-state index contributed by atoms with van der Waals surface area (Å²) in [7, 11) is 4.80. The van der Waals surface area contributed by atoms with Gasteiger partial charge in [0, 0.05) is 50.0 Å². The van der Waals surface area contributed by atoms with E-state index < -0.39 is 0 Å². The highest BCUT2D eigenvalue weighted by atomic mass is 16.5. The van der Waals surface area contributed by atoms with Crippen LogP contribution < -0.4 is 24.4 Å². The predicted molar refractivity (Wildman–Crippen MR) is 93.6 cm³/mol. The maximum absolute atomic E-state index is 12.1. The maximum atomic E-state index is 12.1. The first-order chi connectivity index (χ1) is 11.5. The van der Waals surface area contributed by atoms with Gasteiger partial charge in [-0.3, -0.25) is 0 Å². The second kappa shape index (κ2) is 7.99. The molecule has 1 aliphatic rings. The first-order valence-corrected chi connectivity index (χ1v) is 8.10. The zero-order chi connectivity index (χ0) is 17.7. The number of amides is 2. The van der Waals surface area contributed by atoms with Gasteiger partial charge in [0.1, 0.15) is 0 Å². The fourth-order valence-corrected chi connectivity index (χ4v) is 2.76. The summed E-state index contributed by atoms with van der Waals surface area (Å²) in [5.41, 5.74) is 0.994.